The summed E-state index contributed by atoms with van der Waals surface area (Å²) in [7, 11) is -1.46. The second kappa shape index (κ2) is 10.2. The minimum absolute atomic E-state index is 0.0150. The standard InChI is InChI=1S/C27H34FN3O2S/c1-34(2,3)22-9-11-25(29-12-6-4-5-7-13-29)23(19-22)27(33)31-16-14-30(15-17-31)26-10-8-21(20-32)18-24(26)28/h8-11,18-20H,1-2,4-7,12-17H2,3H3. The highest BCUT2D eigenvalue weighted by molar-refractivity contribution is 8.27. The lowest BCUT2D eigenvalue weighted by molar-refractivity contribution is 0.0747. The predicted octanol–water partition coefficient (Wildman–Crippen LogP) is 4.64. The summed E-state index contributed by atoms with van der Waals surface area (Å²) in [5.41, 5.74) is 2.51. The van der Waals surface area contributed by atoms with Crippen molar-refractivity contribution in [2.24, 2.45) is 0 Å². The van der Waals surface area contributed by atoms with Gasteiger partial charge in [-0.25, -0.2) is 4.39 Å². The maximum Gasteiger partial charge on any atom is 0.256 e. The van der Waals surface area contributed by atoms with Gasteiger partial charge >= 0.3 is 0 Å². The molecule has 34 heavy (non-hydrogen) atoms. The molecule has 4 rings (SSSR count). The van der Waals surface area contributed by atoms with Gasteiger partial charge in [-0.3, -0.25) is 9.59 Å². The first-order chi connectivity index (χ1) is 16.3. The molecular formula is C27H34FN3O2S. The number of amides is 1. The van der Waals surface area contributed by atoms with E-state index in [1.165, 1.54) is 18.9 Å². The summed E-state index contributed by atoms with van der Waals surface area (Å²) in [6.45, 7) is 4.02. The average molecular weight is 484 g/mol. The third-order valence-electron chi connectivity index (χ3n) is 6.73. The third-order valence-corrected chi connectivity index (χ3v) is 8.12. The molecule has 2 fully saturated rings. The van der Waals surface area contributed by atoms with Crippen molar-refractivity contribution >= 4 is 44.5 Å². The Balaban J connectivity index is 1.56. The molecule has 2 saturated heterocycles. The zero-order chi connectivity index (χ0) is 24.3. The second-order valence-corrected chi connectivity index (χ2v) is 12.5. The number of rotatable bonds is 5. The number of hydrogen-bond acceptors (Lipinski definition) is 4. The topological polar surface area (TPSA) is 43.9 Å². The van der Waals surface area contributed by atoms with Gasteiger partial charge in [0.25, 0.3) is 5.91 Å². The number of anilines is 2. The van der Waals surface area contributed by atoms with E-state index in [2.05, 4.69) is 28.8 Å². The van der Waals surface area contributed by atoms with Crippen molar-refractivity contribution < 1.29 is 14.0 Å². The molecular weight excluding hydrogens is 449 g/mol. The zero-order valence-electron chi connectivity index (χ0n) is 20.0. The Hall–Kier alpha value is -2.80. The number of aldehydes is 1. The van der Waals surface area contributed by atoms with Crippen LogP contribution in [0.25, 0.3) is 0 Å². The van der Waals surface area contributed by atoms with Gasteiger partial charge in [-0.2, -0.15) is 9.21 Å². The predicted molar refractivity (Wildman–Crippen MR) is 143 cm³/mol. The number of halogens is 1. The van der Waals surface area contributed by atoms with Crippen molar-refractivity contribution in [2.75, 3.05) is 55.3 Å². The molecule has 2 aliphatic rings. The fraction of sp³-hybridized carbons (Fsp3) is 0.407. The van der Waals surface area contributed by atoms with Crippen molar-refractivity contribution in [3.8, 4) is 0 Å². The zero-order valence-corrected chi connectivity index (χ0v) is 20.8. The van der Waals surface area contributed by atoms with Gasteiger partial charge in [-0.15, -0.1) is 0 Å². The van der Waals surface area contributed by atoms with Gasteiger partial charge in [0, 0.05) is 50.5 Å². The molecule has 182 valence electrons. The van der Waals surface area contributed by atoms with E-state index in [0.717, 1.165) is 42.1 Å². The molecule has 0 N–H and O–H groups in total. The fourth-order valence-electron chi connectivity index (χ4n) is 4.75. The molecule has 7 heteroatoms. The first kappa shape index (κ1) is 24.3. The normalized spacial score (nSPS) is 17.4. The summed E-state index contributed by atoms with van der Waals surface area (Å²) in [6.07, 6.45) is 7.40. The minimum atomic E-state index is -1.46. The third kappa shape index (κ3) is 5.30. The number of piperazine rings is 1. The van der Waals surface area contributed by atoms with Crippen LogP contribution in [0.15, 0.2) is 41.3 Å². The molecule has 2 aromatic rings. The van der Waals surface area contributed by atoms with Crippen LogP contribution in [0.2, 0.25) is 0 Å². The number of nitrogens with zero attached hydrogens (tertiary/aromatic N) is 3. The van der Waals surface area contributed by atoms with Crippen molar-refractivity contribution in [2.45, 2.75) is 30.6 Å². The molecule has 1 amide bonds. The van der Waals surface area contributed by atoms with E-state index in [-0.39, 0.29) is 5.91 Å². The van der Waals surface area contributed by atoms with Crippen LogP contribution in [-0.2, 0) is 0 Å². The van der Waals surface area contributed by atoms with E-state index in [4.69, 9.17) is 0 Å². The van der Waals surface area contributed by atoms with Crippen LogP contribution in [0.4, 0.5) is 15.8 Å². The Kier molecular flexibility index (Phi) is 7.31. The maximum absolute atomic E-state index is 14.5. The molecule has 5 nitrogen and oxygen atoms in total. The Labute approximate surface area is 202 Å². The highest BCUT2D eigenvalue weighted by atomic mass is 32.2. The smallest absolute Gasteiger partial charge is 0.256 e. The molecule has 0 atom stereocenters. The fourth-order valence-corrected chi connectivity index (χ4v) is 5.55. The van der Waals surface area contributed by atoms with Crippen LogP contribution in [0.1, 0.15) is 46.4 Å². The van der Waals surface area contributed by atoms with E-state index >= 15 is 0 Å². The lowest BCUT2D eigenvalue weighted by atomic mass is 10.1. The van der Waals surface area contributed by atoms with Crippen LogP contribution in [0.3, 0.4) is 0 Å². The molecule has 0 saturated carbocycles. The van der Waals surface area contributed by atoms with Crippen LogP contribution in [0.5, 0.6) is 0 Å². The quantitative estimate of drug-likeness (QED) is 0.459. The maximum atomic E-state index is 14.5. The number of hydrogen-bond donors (Lipinski definition) is 0. The second-order valence-electron chi connectivity index (χ2n) is 9.46. The van der Waals surface area contributed by atoms with Crippen molar-refractivity contribution in [3.05, 3.63) is 53.3 Å². The van der Waals surface area contributed by atoms with Gasteiger partial charge in [0.1, 0.15) is 12.1 Å². The van der Waals surface area contributed by atoms with Gasteiger partial charge in [0.05, 0.1) is 11.3 Å². The van der Waals surface area contributed by atoms with Crippen molar-refractivity contribution in [1.29, 1.82) is 0 Å². The summed E-state index contributed by atoms with van der Waals surface area (Å²) in [5.74, 6) is 8.10. The van der Waals surface area contributed by atoms with Gasteiger partial charge in [0.2, 0.25) is 0 Å². The van der Waals surface area contributed by atoms with Gasteiger partial charge in [-0.05, 0) is 60.4 Å². The molecule has 0 aromatic heterocycles. The number of carbonyl (C=O) groups excluding carboxylic acids is 2. The summed E-state index contributed by atoms with van der Waals surface area (Å²) in [4.78, 5) is 31.8. The lowest BCUT2D eigenvalue weighted by Gasteiger charge is -2.37. The number of benzene rings is 2. The van der Waals surface area contributed by atoms with Crippen LogP contribution in [0, 0.1) is 5.82 Å². The summed E-state index contributed by atoms with van der Waals surface area (Å²) < 4.78 is 14.5. The van der Waals surface area contributed by atoms with Crippen LogP contribution < -0.4 is 9.80 Å². The Morgan fingerprint density at radius 1 is 0.882 bits per heavy atom. The van der Waals surface area contributed by atoms with Crippen molar-refractivity contribution in [1.82, 2.24) is 4.90 Å². The summed E-state index contributed by atoms with van der Waals surface area (Å²) >= 11 is 0. The first-order valence-corrected chi connectivity index (χ1v) is 14.3. The van der Waals surface area contributed by atoms with E-state index in [0.29, 0.717) is 43.7 Å². The Bertz CT molecular complexity index is 1160. The van der Waals surface area contributed by atoms with Crippen molar-refractivity contribution in [3.63, 3.8) is 0 Å². The van der Waals surface area contributed by atoms with E-state index in [9.17, 15) is 14.0 Å². The molecule has 2 heterocycles. The lowest BCUT2D eigenvalue weighted by Crippen LogP contribution is -2.49. The van der Waals surface area contributed by atoms with Gasteiger partial charge in [-0.1, -0.05) is 24.6 Å². The average Bonchev–Trinajstić information content (AvgIpc) is 3.12. The molecule has 2 aromatic carbocycles. The molecule has 2 aliphatic heterocycles. The number of carbonyl (C=O) groups is 2. The highest BCUT2D eigenvalue weighted by Gasteiger charge is 2.27. The summed E-state index contributed by atoms with van der Waals surface area (Å²) in [5, 5.41) is 0. The first-order valence-electron chi connectivity index (χ1n) is 11.9. The van der Waals surface area contributed by atoms with Gasteiger partial charge in [0.15, 0.2) is 0 Å². The molecule has 0 radical (unpaired) electrons. The highest BCUT2D eigenvalue weighted by Crippen LogP contribution is 2.34. The monoisotopic (exact) mass is 483 g/mol. The molecule has 0 bridgehead atoms. The minimum Gasteiger partial charge on any atom is -0.371 e. The SMILES string of the molecule is C=S(=C)(C)c1ccc(N2CCCCCC2)c(C(=O)N2CCN(c3ccc(C=O)cc3F)CC2)c1. The van der Waals surface area contributed by atoms with E-state index in [1.807, 2.05) is 22.1 Å². The van der Waals surface area contributed by atoms with E-state index < -0.39 is 15.0 Å². The summed E-state index contributed by atoms with van der Waals surface area (Å²) in [6, 6.07) is 10.7. The molecule has 0 unspecified atom stereocenters. The van der Waals surface area contributed by atoms with Gasteiger partial charge < -0.3 is 14.7 Å². The largest absolute Gasteiger partial charge is 0.371 e. The molecule has 0 aliphatic carbocycles. The van der Waals surface area contributed by atoms with E-state index in [1.54, 1.807) is 12.1 Å². The van der Waals surface area contributed by atoms with Crippen LogP contribution >= 0.6 is 9.21 Å². The Morgan fingerprint density at radius 3 is 2.09 bits per heavy atom. The van der Waals surface area contributed by atoms with Crippen LogP contribution in [-0.4, -0.2) is 74.4 Å². The Morgan fingerprint density at radius 2 is 1.50 bits per heavy atom. The molecule has 0 spiro atoms.